The van der Waals surface area contributed by atoms with E-state index in [9.17, 15) is 4.79 Å². The van der Waals surface area contributed by atoms with Crippen molar-refractivity contribution in [3.63, 3.8) is 0 Å². The molecule has 0 saturated carbocycles. The van der Waals surface area contributed by atoms with E-state index >= 15 is 0 Å². The van der Waals surface area contributed by atoms with Gasteiger partial charge in [0.1, 0.15) is 22.6 Å². The van der Waals surface area contributed by atoms with Crippen molar-refractivity contribution in [2.24, 2.45) is 0 Å². The zero-order chi connectivity index (χ0) is 21.7. The number of hydrogen-bond donors (Lipinski definition) is 2. The van der Waals surface area contributed by atoms with Gasteiger partial charge in [0.05, 0.1) is 34.6 Å². The van der Waals surface area contributed by atoms with Crippen LogP contribution in [0.1, 0.15) is 23.6 Å². The van der Waals surface area contributed by atoms with Crippen molar-refractivity contribution in [2.45, 2.75) is 20.0 Å². The Labute approximate surface area is 182 Å². The average Bonchev–Trinajstić information content (AvgIpc) is 3.09. The van der Waals surface area contributed by atoms with E-state index in [1.54, 1.807) is 26.5 Å². The predicted octanol–water partition coefficient (Wildman–Crippen LogP) is 4.42. The summed E-state index contributed by atoms with van der Waals surface area (Å²) < 4.78 is 16.0. The Kier molecular flexibility index (Phi) is 7.38. The highest BCUT2D eigenvalue weighted by Crippen LogP contribution is 2.34. The van der Waals surface area contributed by atoms with E-state index in [2.05, 4.69) is 25.6 Å². The summed E-state index contributed by atoms with van der Waals surface area (Å²) in [5.41, 5.74) is 2.29. The highest BCUT2D eigenvalue weighted by atomic mass is 35.5. The number of aromatic nitrogens is 3. The maximum absolute atomic E-state index is 12.7. The molecule has 11 heteroatoms. The second-order valence-corrected chi connectivity index (χ2v) is 7.89. The summed E-state index contributed by atoms with van der Waals surface area (Å²) in [4.78, 5) is 26.6. The molecule has 160 valence electrons. The number of urea groups is 1. The summed E-state index contributed by atoms with van der Waals surface area (Å²) >= 11 is 7.51. The summed E-state index contributed by atoms with van der Waals surface area (Å²) in [6.07, 6.45) is 2.73. The van der Waals surface area contributed by atoms with Crippen LogP contribution >= 0.6 is 22.9 Å². The molecular weight excluding hydrogens is 430 g/mol. The van der Waals surface area contributed by atoms with Crippen LogP contribution in [0.3, 0.4) is 0 Å². The lowest BCUT2D eigenvalue weighted by atomic mass is 10.1. The standard InChI is InChI=1S/C19H22ClN5O4S/c1-10(28-4)15-14(9-22-18-16(15)23-11(2)30-18)25-19(26)24-13-7-12(20)8-21-17(13)29-6-5-27-3/h7-10H,5-6H2,1-4H3,(H2,24,25,26)/t10-/m0/s1. The molecule has 0 bridgehead atoms. The van der Waals surface area contributed by atoms with Gasteiger partial charge >= 0.3 is 6.03 Å². The molecule has 30 heavy (non-hydrogen) atoms. The molecule has 0 spiro atoms. The summed E-state index contributed by atoms with van der Waals surface area (Å²) in [6, 6.07) is 1.05. The van der Waals surface area contributed by atoms with Gasteiger partial charge in [-0.15, -0.1) is 0 Å². The molecule has 3 heterocycles. The molecule has 0 fully saturated rings. The van der Waals surface area contributed by atoms with Crippen LogP contribution in [0.15, 0.2) is 18.5 Å². The maximum atomic E-state index is 12.7. The molecule has 0 radical (unpaired) electrons. The first-order valence-corrected chi connectivity index (χ1v) is 10.3. The van der Waals surface area contributed by atoms with Gasteiger partial charge in [0.15, 0.2) is 0 Å². The topological polar surface area (TPSA) is 107 Å². The lowest BCUT2D eigenvalue weighted by Crippen LogP contribution is -2.22. The highest BCUT2D eigenvalue weighted by molar-refractivity contribution is 7.18. The third kappa shape index (κ3) is 5.14. The minimum atomic E-state index is -0.506. The molecule has 3 aromatic rings. The van der Waals surface area contributed by atoms with Crippen molar-refractivity contribution < 1.29 is 19.0 Å². The second kappa shape index (κ2) is 9.98. The molecule has 0 unspecified atom stereocenters. The Morgan fingerprint density at radius 2 is 1.97 bits per heavy atom. The molecule has 0 aliphatic rings. The number of carbonyl (C=O) groups excluding carboxylic acids is 1. The summed E-state index contributed by atoms with van der Waals surface area (Å²) in [5.74, 6) is 0.237. The number of nitrogens with zero attached hydrogens (tertiary/aromatic N) is 3. The Morgan fingerprint density at radius 3 is 2.70 bits per heavy atom. The zero-order valence-electron chi connectivity index (χ0n) is 17.0. The molecule has 0 aromatic carbocycles. The van der Waals surface area contributed by atoms with Crippen molar-refractivity contribution >= 4 is 50.7 Å². The Balaban J connectivity index is 1.85. The predicted molar refractivity (Wildman–Crippen MR) is 117 cm³/mol. The van der Waals surface area contributed by atoms with E-state index in [1.165, 1.54) is 17.5 Å². The number of anilines is 2. The number of hydrogen-bond acceptors (Lipinski definition) is 8. The average molecular weight is 452 g/mol. The number of rotatable bonds is 8. The molecule has 2 N–H and O–H groups in total. The number of pyridine rings is 2. The normalized spacial score (nSPS) is 12.0. The smallest absolute Gasteiger partial charge is 0.323 e. The lowest BCUT2D eigenvalue weighted by Gasteiger charge is -2.17. The van der Waals surface area contributed by atoms with E-state index in [0.717, 1.165) is 15.4 Å². The van der Waals surface area contributed by atoms with E-state index in [-0.39, 0.29) is 18.6 Å². The Bertz CT molecular complexity index is 1050. The van der Waals surface area contributed by atoms with Crippen molar-refractivity contribution in [1.29, 1.82) is 0 Å². The number of halogens is 1. The van der Waals surface area contributed by atoms with Gasteiger partial charge in [-0.3, -0.25) is 0 Å². The zero-order valence-corrected chi connectivity index (χ0v) is 18.6. The fourth-order valence-electron chi connectivity index (χ4n) is 2.76. The quantitative estimate of drug-likeness (QED) is 0.488. The number of fused-ring (bicyclic) bond motifs is 1. The SMILES string of the molecule is COCCOc1ncc(Cl)cc1NC(=O)Nc1cnc2sc(C)nc2c1[C@H](C)OC. The van der Waals surface area contributed by atoms with E-state index in [1.807, 2.05) is 13.8 Å². The summed E-state index contributed by atoms with van der Waals surface area (Å²) in [5, 5.41) is 6.77. The maximum Gasteiger partial charge on any atom is 0.323 e. The fourth-order valence-corrected chi connectivity index (χ4v) is 3.69. The van der Waals surface area contributed by atoms with Crippen molar-refractivity contribution in [2.75, 3.05) is 38.1 Å². The molecule has 1 atom stereocenters. The van der Waals surface area contributed by atoms with Crippen molar-refractivity contribution in [3.05, 3.63) is 34.1 Å². The molecule has 2 amide bonds. The van der Waals surface area contributed by atoms with Crippen LogP contribution in [-0.4, -0.2) is 48.4 Å². The number of aryl methyl sites for hydroxylation is 1. The van der Waals surface area contributed by atoms with Crippen LogP contribution in [0, 0.1) is 6.92 Å². The number of thiazole rings is 1. The van der Waals surface area contributed by atoms with Gasteiger partial charge < -0.3 is 24.8 Å². The lowest BCUT2D eigenvalue weighted by molar-refractivity contribution is 0.121. The van der Waals surface area contributed by atoms with Gasteiger partial charge in [0, 0.05) is 26.0 Å². The first kappa shape index (κ1) is 22.2. The molecule has 9 nitrogen and oxygen atoms in total. The third-order valence-electron chi connectivity index (χ3n) is 4.17. The van der Waals surface area contributed by atoms with Gasteiger partial charge in [-0.05, 0) is 19.9 Å². The largest absolute Gasteiger partial charge is 0.474 e. The van der Waals surface area contributed by atoms with E-state index in [0.29, 0.717) is 28.5 Å². The van der Waals surface area contributed by atoms with Crippen LogP contribution < -0.4 is 15.4 Å². The first-order chi connectivity index (χ1) is 14.4. The molecule has 0 aliphatic carbocycles. The van der Waals surface area contributed by atoms with Crippen molar-refractivity contribution in [3.8, 4) is 5.88 Å². The molecule has 0 aliphatic heterocycles. The van der Waals surface area contributed by atoms with Gasteiger partial charge in [-0.25, -0.2) is 19.7 Å². The highest BCUT2D eigenvalue weighted by Gasteiger charge is 2.20. The van der Waals surface area contributed by atoms with Gasteiger partial charge in [0.25, 0.3) is 0 Å². The van der Waals surface area contributed by atoms with E-state index < -0.39 is 6.03 Å². The van der Waals surface area contributed by atoms with Crippen LogP contribution in [-0.2, 0) is 9.47 Å². The molecular formula is C19H22ClN5O4S. The van der Waals surface area contributed by atoms with Crippen LogP contribution in [0.4, 0.5) is 16.2 Å². The van der Waals surface area contributed by atoms with Gasteiger partial charge in [-0.1, -0.05) is 22.9 Å². The summed E-state index contributed by atoms with van der Waals surface area (Å²) in [7, 11) is 3.17. The van der Waals surface area contributed by atoms with Crippen molar-refractivity contribution in [1.82, 2.24) is 15.0 Å². The molecule has 0 saturated heterocycles. The Morgan fingerprint density at radius 1 is 1.20 bits per heavy atom. The summed E-state index contributed by atoms with van der Waals surface area (Å²) in [6.45, 7) is 4.45. The number of ether oxygens (including phenoxy) is 3. The number of carbonyl (C=O) groups is 1. The van der Waals surface area contributed by atoms with E-state index in [4.69, 9.17) is 25.8 Å². The minimum absolute atomic E-state index is 0.237. The monoisotopic (exact) mass is 451 g/mol. The van der Waals surface area contributed by atoms with Gasteiger partial charge in [0.2, 0.25) is 5.88 Å². The number of methoxy groups -OCH3 is 2. The van der Waals surface area contributed by atoms with Crippen LogP contribution in [0.25, 0.3) is 10.3 Å². The number of nitrogens with one attached hydrogen (secondary N) is 2. The van der Waals surface area contributed by atoms with Gasteiger partial charge in [-0.2, -0.15) is 0 Å². The number of amides is 2. The molecule has 3 rings (SSSR count). The fraction of sp³-hybridized carbons (Fsp3) is 0.368. The van der Waals surface area contributed by atoms with Crippen LogP contribution in [0.2, 0.25) is 5.02 Å². The minimum Gasteiger partial charge on any atom is -0.474 e. The third-order valence-corrected chi connectivity index (χ3v) is 5.26. The Hall–Kier alpha value is -2.53. The molecule has 3 aromatic heterocycles. The second-order valence-electron chi connectivity index (χ2n) is 6.28. The first-order valence-electron chi connectivity index (χ1n) is 9.07. The van der Waals surface area contributed by atoms with Crippen LogP contribution in [0.5, 0.6) is 5.88 Å².